The van der Waals surface area contributed by atoms with Gasteiger partial charge in [0.25, 0.3) is 11.7 Å². The van der Waals surface area contributed by atoms with Crippen molar-refractivity contribution in [2.45, 2.75) is 19.9 Å². The van der Waals surface area contributed by atoms with E-state index in [-0.39, 0.29) is 27.7 Å². The number of carbonyl (C=O) groups is 2. The second kappa shape index (κ2) is 9.23. The minimum atomic E-state index is -0.840. The van der Waals surface area contributed by atoms with Crippen LogP contribution in [0.2, 0.25) is 5.02 Å². The molecule has 3 aromatic rings. The van der Waals surface area contributed by atoms with Crippen LogP contribution in [0, 0.1) is 13.8 Å². The number of aliphatic hydroxyl groups excluding tert-OH is 1. The molecule has 0 aliphatic carbocycles. The van der Waals surface area contributed by atoms with E-state index in [4.69, 9.17) is 21.1 Å². The van der Waals surface area contributed by atoms with Gasteiger partial charge in [-0.25, -0.2) is 0 Å². The first-order chi connectivity index (χ1) is 16.3. The molecule has 1 fully saturated rings. The summed E-state index contributed by atoms with van der Waals surface area (Å²) in [4.78, 5) is 28.2. The second-order valence-corrected chi connectivity index (χ2v) is 8.39. The number of ether oxygens (including phenoxy) is 2. The lowest BCUT2D eigenvalue weighted by Crippen LogP contribution is -2.30. The summed E-state index contributed by atoms with van der Waals surface area (Å²) >= 11 is 6.22. The predicted molar refractivity (Wildman–Crippen MR) is 132 cm³/mol. The quantitative estimate of drug-likeness (QED) is 0.294. The van der Waals surface area contributed by atoms with Crippen LogP contribution in [0.4, 0.5) is 5.69 Å². The first kappa shape index (κ1) is 23.4. The number of benzene rings is 3. The highest BCUT2D eigenvalue weighted by Gasteiger charge is 2.47. The highest BCUT2D eigenvalue weighted by molar-refractivity contribution is 6.52. The van der Waals surface area contributed by atoms with Crippen LogP contribution < -0.4 is 14.4 Å². The van der Waals surface area contributed by atoms with E-state index in [1.807, 2.05) is 56.3 Å². The third-order valence-electron chi connectivity index (χ3n) is 6.12. The summed E-state index contributed by atoms with van der Waals surface area (Å²) in [6.45, 7) is 3.84. The number of nitrogens with zero attached hydrogens (tertiary/aromatic N) is 1. The summed E-state index contributed by atoms with van der Waals surface area (Å²) in [5, 5.41) is 11.7. The number of hydrogen-bond donors (Lipinski definition) is 1. The Bertz CT molecular complexity index is 1320. The molecular weight excluding hydrogens is 454 g/mol. The lowest BCUT2D eigenvalue weighted by Gasteiger charge is -2.27. The monoisotopic (exact) mass is 477 g/mol. The van der Waals surface area contributed by atoms with E-state index in [1.165, 1.54) is 31.3 Å². The number of hydrogen-bond acceptors (Lipinski definition) is 5. The van der Waals surface area contributed by atoms with Crippen LogP contribution in [-0.2, 0) is 9.59 Å². The van der Waals surface area contributed by atoms with Crippen LogP contribution in [0.25, 0.3) is 5.76 Å². The Morgan fingerprint density at radius 2 is 1.62 bits per heavy atom. The number of anilines is 1. The van der Waals surface area contributed by atoms with Crippen LogP contribution in [0.15, 0.2) is 66.2 Å². The zero-order chi connectivity index (χ0) is 24.6. The predicted octanol–water partition coefficient (Wildman–Crippen LogP) is 5.60. The van der Waals surface area contributed by atoms with Crippen molar-refractivity contribution in [3.8, 4) is 11.5 Å². The Morgan fingerprint density at radius 1 is 0.941 bits per heavy atom. The molecule has 1 saturated heterocycles. The lowest BCUT2D eigenvalue weighted by atomic mass is 9.94. The maximum atomic E-state index is 13.4. The van der Waals surface area contributed by atoms with Crippen LogP contribution in [0.5, 0.6) is 11.5 Å². The van der Waals surface area contributed by atoms with E-state index in [9.17, 15) is 14.7 Å². The fraction of sp³-hybridized carbons (Fsp3) is 0.185. The van der Waals surface area contributed by atoms with Crippen molar-refractivity contribution in [1.82, 2.24) is 0 Å². The largest absolute Gasteiger partial charge is 0.507 e. The normalized spacial score (nSPS) is 17.2. The molecule has 174 valence electrons. The van der Waals surface area contributed by atoms with Crippen molar-refractivity contribution in [2.24, 2.45) is 0 Å². The fourth-order valence-electron chi connectivity index (χ4n) is 4.22. The van der Waals surface area contributed by atoms with Crippen molar-refractivity contribution in [3.63, 3.8) is 0 Å². The summed E-state index contributed by atoms with van der Waals surface area (Å²) in [6, 6.07) is 16.9. The van der Waals surface area contributed by atoms with Crippen molar-refractivity contribution in [1.29, 1.82) is 0 Å². The van der Waals surface area contributed by atoms with Gasteiger partial charge in [0, 0.05) is 11.8 Å². The molecule has 1 aliphatic rings. The summed E-state index contributed by atoms with van der Waals surface area (Å²) in [6.07, 6.45) is 0. The third-order valence-corrected chi connectivity index (χ3v) is 6.42. The van der Waals surface area contributed by atoms with Crippen LogP contribution >= 0.6 is 11.6 Å². The van der Waals surface area contributed by atoms with E-state index >= 15 is 0 Å². The molecule has 0 radical (unpaired) electrons. The number of aliphatic hydroxyl groups is 1. The molecule has 0 bridgehead atoms. The first-order valence-corrected chi connectivity index (χ1v) is 11.0. The van der Waals surface area contributed by atoms with Gasteiger partial charge in [0.15, 0.2) is 0 Å². The smallest absolute Gasteiger partial charge is 0.300 e. The van der Waals surface area contributed by atoms with Gasteiger partial charge in [-0.2, -0.15) is 0 Å². The molecule has 1 amide bonds. The number of ketones is 1. The van der Waals surface area contributed by atoms with E-state index in [1.54, 1.807) is 6.07 Å². The molecule has 1 heterocycles. The SMILES string of the molecule is COc1cc(/C(O)=C2\C(=O)C(=O)N(c3cccc(C)c3C)C2c2ccccc2)c(OC)cc1Cl. The Balaban J connectivity index is 2.02. The number of aryl methyl sites for hydroxylation is 1. The van der Waals surface area contributed by atoms with Gasteiger partial charge >= 0.3 is 0 Å². The highest BCUT2D eigenvalue weighted by Crippen LogP contribution is 2.45. The average molecular weight is 478 g/mol. The molecule has 1 N–H and O–H groups in total. The lowest BCUT2D eigenvalue weighted by molar-refractivity contribution is -0.132. The van der Waals surface area contributed by atoms with Crippen LogP contribution in [0.1, 0.15) is 28.3 Å². The second-order valence-electron chi connectivity index (χ2n) is 7.99. The van der Waals surface area contributed by atoms with E-state index in [0.29, 0.717) is 17.0 Å². The molecule has 0 saturated carbocycles. The molecule has 1 atom stereocenters. The van der Waals surface area contributed by atoms with Crippen LogP contribution in [-0.4, -0.2) is 31.0 Å². The van der Waals surface area contributed by atoms with Crippen molar-refractivity contribution >= 4 is 34.7 Å². The maximum Gasteiger partial charge on any atom is 0.300 e. The summed E-state index contributed by atoms with van der Waals surface area (Å²) < 4.78 is 10.7. The summed E-state index contributed by atoms with van der Waals surface area (Å²) in [5.41, 5.74) is 3.30. The number of methoxy groups -OCH3 is 2. The molecular formula is C27H24ClNO5. The molecule has 7 heteroatoms. The van der Waals surface area contributed by atoms with E-state index in [0.717, 1.165) is 11.1 Å². The van der Waals surface area contributed by atoms with Gasteiger partial charge in [0.1, 0.15) is 17.3 Å². The Morgan fingerprint density at radius 3 is 2.26 bits per heavy atom. The van der Waals surface area contributed by atoms with E-state index in [2.05, 4.69) is 0 Å². The van der Waals surface area contributed by atoms with Gasteiger partial charge in [-0.1, -0.05) is 54.1 Å². The van der Waals surface area contributed by atoms with Gasteiger partial charge in [-0.15, -0.1) is 0 Å². The zero-order valence-corrected chi connectivity index (χ0v) is 20.0. The fourth-order valence-corrected chi connectivity index (χ4v) is 4.45. The molecule has 34 heavy (non-hydrogen) atoms. The highest BCUT2D eigenvalue weighted by atomic mass is 35.5. The van der Waals surface area contributed by atoms with Crippen molar-refractivity contribution in [2.75, 3.05) is 19.1 Å². The zero-order valence-electron chi connectivity index (χ0n) is 19.3. The number of amides is 1. The summed E-state index contributed by atoms with van der Waals surface area (Å²) in [7, 11) is 2.87. The number of rotatable bonds is 5. The third kappa shape index (κ3) is 3.80. The standard InChI is InChI=1S/C27H24ClNO5/c1-15-9-8-12-20(16(15)2)29-24(17-10-6-5-7-11-17)23(26(31)27(29)32)25(30)18-13-22(34-4)19(28)14-21(18)33-3/h5-14,24,30H,1-4H3/b25-23+. The Hall–Kier alpha value is -3.77. The molecule has 6 nitrogen and oxygen atoms in total. The molecule has 1 unspecified atom stereocenters. The maximum absolute atomic E-state index is 13.4. The van der Waals surface area contributed by atoms with Crippen LogP contribution in [0.3, 0.4) is 0 Å². The number of Topliss-reactive ketones (excluding diaryl/α,β-unsaturated/α-hetero) is 1. The Kier molecular flexibility index (Phi) is 6.35. The molecule has 4 rings (SSSR count). The van der Waals surface area contributed by atoms with Gasteiger partial charge in [0.2, 0.25) is 0 Å². The minimum absolute atomic E-state index is 0.0419. The topological polar surface area (TPSA) is 76.1 Å². The number of halogens is 1. The van der Waals surface area contributed by atoms with Gasteiger partial charge in [-0.05, 0) is 42.7 Å². The first-order valence-electron chi connectivity index (χ1n) is 10.6. The van der Waals surface area contributed by atoms with Crippen molar-refractivity contribution < 1.29 is 24.2 Å². The molecule has 0 spiro atoms. The van der Waals surface area contributed by atoms with Gasteiger partial charge in [0.05, 0.1) is 36.4 Å². The molecule has 3 aromatic carbocycles. The number of carbonyl (C=O) groups excluding carboxylic acids is 2. The molecule has 1 aliphatic heterocycles. The average Bonchev–Trinajstić information content (AvgIpc) is 3.11. The summed E-state index contributed by atoms with van der Waals surface area (Å²) in [5.74, 6) is -1.34. The Labute approximate surface area is 203 Å². The minimum Gasteiger partial charge on any atom is -0.507 e. The molecule has 0 aromatic heterocycles. The van der Waals surface area contributed by atoms with Gasteiger partial charge in [-0.3, -0.25) is 14.5 Å². The van der Waals surface area contributed by atoms with Crippen molar-refractivity contribution in [3.05, 3.63) is 93.5 Å². The van der Waals surface area contributed by atoms with Gasteiger partial charge < -0.3 is 14.6 Å². The van der Waals surface area contributed by atoms with E-state index < -0.39 is 17.7 Å².